The number of rotatable bonds is 3. The number of hydrogen-bond donors (Lipinski definition) is 1. The quantitative estimate of drug-likeness (QED) is 0.730. The first-order chi connectivity index (χ1) is 10.5. The van der Waals surface area contributed by atoms with Crippen molar-refractivity contribution in [2.24, 2.45) is 0 Å². The van der Waals surface area contributed by atoms with E-state index in [4.69, 9.17) is 4.42 Å². The van der Waals surface area contributed by atoms with Gasteiger partial charge in [0.2, 0.25) is 0 Å². The van der Waals surface area contributed by atoms with Gasteiger partial charge < -0.3 is 9.52 Å². The van der Waals surface area contributed by atoms with Gasteiger partial charge in [-0.25, -0.2) is 4.39 Å². The van der Waals surface area contributed by atoms with Gasteiger partial charge in [-0.3, -0.25) is 4.79 Å². The predicted molar refractivity (Wildman–Crippen MR) is 81.8 cm³/mol. The number of benzene rings is 2. The molecule has 0 unspecified atom stereocenters. The van der Waals surface area contributed by atoms with E-state index in [2.05, 4.69) is 0 Å². The topological polar surface area (TPSA) is 50.4 Å². The molecule has 2 aromatic carbocycles. The maximum Gasteiger partial charge on any atom is 0.197 e. The van der Waals surface area contributed by atoms with E-state index < -0.39 is 5.82 Å². The SMILES string of the molecule is CCc1oc2ccc(F)cc2c1C(=O)c1ccc(O)c(C)c1. The van der Waals surface area contributed by atoms with E-state index in [0.717, 1.165) is 0 Å². The number of aromatic hydroxyl groups is 1. The van der Waals surface area contributed by atoms with Crippen LogP contribution in [0, 0.1) is 12.7 Å². The van der Waals surface area contributed by atoms with Crippen LogP contribution in [-0.2, 0) is 6.42 Å². The summed E-state index contributed by atoms with van der Waals surface area (Å²) >= 11 is 0. The first-order valence-electron chi connectivity index (χ1n) is 7.06. The standard InChI is InChI=1S/C18H15FO3/c1-3-15-17(13-9-12(19)5-7-16(13)22-15)18(21)11-4-6-14(20)10(2)8-11/h4-9,20H,3H2,1-2H3. The summed E-state index contributed by atoms with van der Waals surface area (Å²) in [5.41, 5.74) is 1.94. The minimum atomic E-state index is -0.410. The molecule has 4 heteroatoms. The molecule has 0 saturated heterocycles. The number of ketones is 1. The average molecular weight is 298 g/mol. The molecule has 0 radical (unpaired) electrons. The summed E-state index contributed by atoms with van der Waals surface area (Å²) in [6.45, 7) is 3.60. The molecular formula is C18H15FO3. The minimum absolute atomic E-state index is 0.135. The van der Waals surface area contributed by atoms with E-state index in [1.165, 1.54) is 24.3 Å². The van der Waals surface area contributed by atoms with Crippen molar-refractivity contribution in [3.8, 4) is 5.75 Å². The molecule has 1 N–H and O–H groups in total. The zero-order valence-electron chi connectivity index (χ0n) is 12.3. The van der Waals surface area contributed by atoms with Gasteiger partial charge in [0.15, 0.2) is 5.78 Å². The third kappa shape index (κ3) is 2.26. The fourth-order valence-electron chi connectivity index (χ4n) is 2.56. The lowest BCUT2D eigenvalue weighted by atomic mass is 9.98. The molecule has 3 rings (SSSR count). The monoisotopic (exact) mass is 298 g/mol. The van der Waals surface area contributed by atoms with E-state index in [1.807, 2.05) is 6.92 Å². The van der Waals surface area contributed by atoms with Crippen LogP contribution < -0.4 is 0 Å². The minimum Gasteiger partial charge on any atom is -0.508 e. The Hall–Kier alpha value is -2.62. The maximum atomic E-state index is 13.5. The van der Waals surface area contributed by atoms with Crippen LogP contribution in [0.25, 0.3) is 11.0 Å². The average Bonchev–Trinajstić information content (AvgIpc) is 2.87. The first kappa shape index (κ1) is 14.3. The number of phenolic OH excluding ortho intramolecular Hbond substituents is 1. The Morgan fingerprint density at radius 2 is 2.00 bits per heavy atom. The third-order valence-electron chi connectivity index (χ3n) is 3.73. The predicted octanol–water partition coefficient (Wildman–Crippen LogP) is 4.38. The Morgan fingerprint density at radius 3 is 2.68 bits per heavy atom. The molecule has 1 heterocycles. The molecule has 0 fully saturated rings. The Kier molecular flexibility index (Phi) is 3.45. The fraction of sp³-hybridized carbons (Fsp3) is 0.167. The van der Waals surface area contributed by atoms with Crippen molar-refractivity contribution in [2.75, 3.05) is 0 Å². The van der Waals surface area contributed by atoms with Gasteiger partial charge in [-0.2, -0.15) is 0 Å². The van der Waals surface area contributed by atoms with Crippen molar-refractivity contribution in [3.05, 3.63) is 64.7 Å². The number of carbonyl (C=O) groups is 1. The van der Waals surface area contributed by atoms with Crippen LogP contribution in [0.2, 0.25) is 0 Å². The van der Waals surface area contributed by atoms with Gasteiger partial charge >= 0.3 is 0 Å². The number of hydrogen-bond acceptors (Lipinski definition) is 3. The summed E-state index contributed by atoms with van der Waals surface area (Å²) in [6, 6.07) is 8.82. The molecule has 0 amide bonds. The van der Waals surface area contributed by atoms with Crippen LogP contribution in [0.1, 0.15) is 34.2 Å². The molecule has 112 valence electrons. The number of carbonyl (C=O) groups excluding carboxylic acids is 1. The van der Waals surface area contributed by atoms with E-state index in [9.17, 15) is 14.3 Å². The Labute approximate surface area is 127 Å². The van der Waals surface area contributed by atoms with Gasteiger partial charge in [0.25, 0.3) is 0 Å². The van der Waals surface area contributed by atoms with Crippen LogP contribution in [0.5, 0.6) is 5.75 Å². The van der Waals surface area contributed by atoms with Crippen LogP contribution >= 0.6 is 0 Å². The second kappa shape index (κ2) is 5.30. The highest BCUT2D eigenvalue weighted by Crippen LogP contribution is 2.30. The third-order valence-corrected chi connectivity index (χ3v) is 3.73. The summed E-state index contributed by atoms with van der Waals surface area (Å²) in [5, 5.41) is 10.1. The number of halogens is 1. The smallest absolute Gasteiger partial charge is 0.197 e. The Morgan fingerprint density at radius 1 is 1.23 bits per heavy atom. The maximum absolute atomic E-state index is 13.5. The zero-order valence-corrected chi connectivity index (χ0v) is 12.3. The molecule has 0 aliphatic rings. The Bertz CT molecular complexity index is 877. The van der Waals surface area contributed by atoms with E-state index in [0.29, 0.717) is 39.8 Å². The molecule has 3 aromatic rings. The number of fused-ring (bicyclic) bond motifs is 1. The number of phenols is 1. The lowest BCUT2D eigenvalue weighted by Gasteiger charge is -2.04. The summed E-state index contributed by atoms with van der Waals surface area (Å²) in [7, 11) is 0. The summed E-state index contributed by atoms with van der Waals surface area (Å²) in [6.07, 6.45) is 0.536. The van der Waals surface area contributed by atoms with Crippen LogP contribution in [0.4, 0.5) is 4.39 Å². The van der Waals surface area contributed by atoms with Gasteiger partial charge in [-0.1, -0.05) is 6.92 Å². The first-order valence-corrected chi connectivity index (χ1v) is 7.06. The van der Waals surface area contributed by atoms with Gasteiger partial charge in [0.05, 0.1) is 5.56 Å². The normalized spacial score (nSPS) is 11.0. The van der Waals surface area contributed by atoms with Crippen LogP contribution in [0.15, 0.2) is 40.8 Å². The highest BCUT2D eigenvalue weighted by Gasteiger charge is 2.21. The van der Waals surface area contributed by atoms with Gasteiger partial charge in [-0.05, 0) is 48.9 Å². The zero-order chi connectivity index (χ0) is 15.9. The summed E-state index contributed by atoms with van der Waals surface area (Å²) < 4.78 is 19.2. The molecule has 0 spiro atoms. The highest BCUT2D eigenvalue weighted by molar-refractivity contribution is 6.17. The molecule has 0 atom stereocenters. The molecule has 0 aliphatic carbocycles. The molecule has 3 nitrogen and oxygen atoms in total. The van der Waals surface area contributed by atoms with Crippen molar-refractivity contribution in [2.45, 2.75) is 20.3 Å². The Balaban J connectivity index is 2.21. The largest absolute Gasteiger partial charge is 0.508 e. The lowest BCUT2D eigenvalue weighted by Crippen LogP contribution is -2.04. The van der Waals surface area contributed by atoms with Gasteiger partial charge in [0, 0.05) is 17.4 Å². The molecular weight excluding hydrogens is 283 g/mol. The van der Waals surface area contributed by atoms with Crippen molar-refractivity contribution < 1.29 is 18.7 Å². The lowest BCUT2D eigenvalue weighted by molar-refractivity contribution is 0.103. The van der Waals surface area contributed by atoms with E-state index >= 15 is 0 Å². The highest BCUT2D eigenvalue weighted by atomic mass is 19.1. The second-order valence-corrected chi connectivity index (χ2v) is 5.22. The van der Waals surface area contributed by atoms with Crippen molar-refractivity contribution in [3.63, 3.8) is 0 Å². The number of aryl methyl sites for hydroxylation is 2. The van der Waals surface area contributed by atoms with Crippen molar-refractivity contribution in [1.29, 1.82) is 0 Å². The molecule has 22 heavy (non-hydrogen) atoms. The second-order valence-electron chi connectivity index (χ2n) is 5.22. The molecule has 0 bridgehead atoms. The van der Waals surface area contributed by atoms with Crippen molar-refractivity contribution in [1.82, 2.24) is 0 Å². The molecule has 1 aromatic heterocycles. The van der Waals surface area contributed by atoms with E-state index in [1.54, 1.807) is 19.1 Å². The van der Waals surface area contributed by atoms with Crippen LogP contribution in [0.3, 0.4) is 0 Å². The number of furan rings is 1. The molecule has 0 saturated carbocycles. The van der Waals surface area contributed by atoms with Gasteiger partial charge in [-0.15, -0.1) is 0 Å². The molecule has 0 aliphatic heterocycles. The van der Waals surface area contributed by atoms with E-state index in [-0.39, 0.29) is 11.5 Å². The van der Waals surface area contributed by atoms with Crippen LogP contribution in [-0.4, -0.2) is 10.9 Å². The fourth-order valence-corrected chi connectivity index (χ4v) is 2.56. The van der Waals surface area contributed by atoms with Gasteiger partial charge in [0.1, 0.15) is 22.9 Å². The summed E-state index contributed by atoms with van der Waals surface area (Å²) in [4.78, 5) is 12.8. The summed E-state index contributed by atoms with van der Waals surface area (Å²) in [5.74, 6) is 0.0304. The van der Waals surface area contributed by atoms with Crippen molar-refractivity contribution >= 4 is 16.8 Å².